The number of benzene rings is 2. The van der Waals surface area contributed by atoms with Crippen LogP contribution in [0, 0.1) is 19.8 Å². The van der Waals surface area contributed by atoms with Crippen LogP contribution in [0.1, 0.15) is 111 Å². The third-order valence-electron chi connectivity index (χ3n) is 13.5. The van der Waals surface area contributed by atoms with Gasteiger partial charge in [-0.15, -0.1) is 0 Å². The molecule has 15 nitrogen and oxygen atoms in total. The molecule has 3 N–H and O–H groups in total. The predicted molar refractivity (Wildman–Crippen MR) is 251 cm³/mol. The smallest absolute Gasteiger partial charge is 0.293 e. The van der Waals surface area contributed by atoms with E-state index in [0.717, 1.165) is 120 Å². The number of carbonyl (C=O) groups is 3. The number of aryl methyl sites for hydroxylation is 2. The minimum Gasteiger partial charge on any atom is -0.369 e. The summed E-state index contributed by atoms with van der Waals surface area (Å²) < 4.78 is 5.32. The lowest BCUT2D eigenvalue weighted by atomic mass is 9.89. The maximum atomic E-state index is 13.0. The molecule has 2 aromatic carbocycles. The van der Waals surface area contributed by atoms with Gasteiger partial charge in [-0.3, -0.25) is 29.7 Å². The van der Waals surface area contributed by atoms with Crippen LogP contribution in [0.5, 0.6) is 0 Å². The second-order valence-electron chi connectivity index (χ2n) is 19.1. The Balaban J connectivity index is 0.752. The summed E-state index contributed by atoms with van der Waals surface area (Å²) in [5, 5.41) is 18.1. The Morgan fingerprint density at radius 2 is 1.63 bits per heavy atom. The fourth-order valence-corrected chi connectivity index (χ4v) is 9.55. The molecule has 3 aliphatic heterocycles. The van der Waals surface area contributed by atoms with Crippen molar-refractivity contribution in [3.05, 3.63) is 101 Å². The summed E-state index contributed by atoms with van der Waals surface area (Å²) in [6.07, 6.45) is 6.34. The van der Waals surface area contributed by atoms with Crippen LogP contribution < -0.4 is 20.4 Å². The minimum atomic E-state index is -0.382. The number of piperidine rings is 2. The number of fused-ring (bicyclic) bond motifs is 1. The number of aromatic nitrogens is 6. The van der Waals surface area contributed by atoms with Gasteiger partial charge in [0.2, 0.25) is 17.7 Å². The van der Waals surface area contributed by atoms with E-state index in [4.69, 9.17) is 14.5 Å². The van der Waals surface area contributed by atoms with Crippen molar-refractivity contribution in [1.29, 1.82) is 0 Å². The molecule has 7 heterocycles. The quantitative estimate of drug-likeness (QED) is 0.110. The Hall–Kier alpha value is -6.48. The Labute approximate surface area is 379 Å². The Morgan fingerprint density at radius 3 is 2.32 bits per heavy atom. The molecule has 3 aliphatic rings. The molecule has 0 saturated carbocycles. The maximum Gasteiger partial charge on any atom is 0.293 e. The number of piperazine rings is 1. The standard InChI is InChI=1S/C50H59N11O4/c1-30-27-35(9-12-38(30)31(2)53-48(64)46-55-49(65-58-46)50(4,5)6)44-41-28-36(29-51-45(41)57-56-44)34-7-10-37(11-8-34)60-25-23-59(24-26-60)20-17-33-18-21-61(22-19-33)42-15-13-39(32(3)52-42)40-14-16-43(62)54-47(40)63/h7-13,15,27-29,31,33,40H,14,16-26H2,1-6H3,(H,53,64)(H,51,56,57)(H,54,62,63)/t31-,40?/m1/s1. The van der Waals surface area contributed by atoms with Gasteiger partial charge in [-0.1, -0.05) is 56.3 Å². The highest BCUT2D eigenvalue weighted by Gasteiger charge is 2.31. The number of nitrogens with one attached hydrogen (secondary N) is 3. The number of carbonyl (C=O) groups excluding carboxylic acids is 3. The Kier molecular flexibility index (Phi) is 12.2. The molecule has 3 saturated heterocycles. The molecule has 1 unspecified atom stereocenters. The lowest BCUT2D eigenvalue weighted by Gasteiger charge is -2.38. The van der Waals surface area contributed by atoms with Crippen molar-refractivity contribution in [1.82, 2.24) is 45.8 Å². The molecule has 15 heteroatoms. The summed E-state index contributed by atoms with van der Waals surface area (Å²) in [6, 6.07) is 20.9. The van der Waals surface area contributed by atoms with Crippen LogP contribution in [0.25, 0.3) is 33.4 Å². The predicted octanol–water partition coefficient (Wildman–Crippen LogP) is 7.42. The summed E-state index contributed by atoms with van der Waals surface area (Å²) in [7, 11) is 0. The van der Waals surface area contributed by atoms with E-state index in [-0.39, 0.29) is 40.9 Å². The summed E-state index contributed by atoms with van der Waals surface area (Å²) in [6.45, 7) is 19.1. The molecular weight excluding hydrogens is 819 g/mol. The molecule has 2 atom stereocenters. The van der Waals surface area contributed by atoms with E-state index < -0.39 is 0 Å². The Bertz CT molecular complexity index is 2700. The van der Waals surface area contributed by atoms with E-state index in [0.29, 0.717) is 24.7 Å². The van der Waals surface area contributed by atoms with E-state index >= 15 is 0 Å². The second kappa shape index (κ2) is 18.2. The zero-order chi connectivity index (χ0) is 45.4. The van der Waals surface area contributed by atoms with Crippen LogP contribution in [-0.2, 0) is 15.0 Å². The average molecular weight is 878 g/mol. The molecule has 3 fully saturated rings. The van der Waals surface area contributed by atoms with Gasteiger partial charge in [0.05, 0.1) is 12.0 Å². The fraction of sp³-hybridized carbons (Fsp3) is 0.440. The van der Waals surface area contributed by atoms with Crippen LogP contribution in [0.4, 0.5) is 11.5 Å². The summed E-state index contributed by atoms with van der Waals surface area (Å²) in [4.78, 5) is 58.4. The van der Waals surface area contributed by atoms with Gasteiger partial charge in [-0.2, -0.15) is 10.1 Å². The van der Waals surface area contributed by atoms with E-state index in [1.54, 1.807) is 0 Å². The zero-order valence-electron chi connectivity index (χ0n) is 38.3. The normalized spacial score (nSPS) is 18.3. The first kappa shape index (κ1) is 43.8. The highest BCUT2D eigenvalue weighted by molar-refractivity contribution is 6.01. The van der Waals surface area contributed by atoms with Crippen molar-refractivity contribution in [2.24, 2.45) is 5.92 Å². The number of nitrogens with zero attached hydrogens (tertiary/aromatic N) is 8. The maximum absolute atomic E-state index is 13.0. The van der Waals surface area contributed by atoms with Crippen molar-refractivity contribution in [2.45, 2.75) is 91.0 Å². The number of rotatable bonds is 11. The van der Waals surface area contributed by atoms with Crippen LogP contribution in [0.15, 0.2) is 71.4 Å². The zero-order valence-corrected chi connectivity index (χ0v) is 38.3. The lowest BCUT2D eigenvalue weighted by molar-refractivity contribution is -0.134. The highest BCUT2D eigenvalue weighted by Crippen LogP contribution is 2.34. The second-order valence-corrected chi connectivity index (χ2v) is 19.1. The van der Waals surface area contributed by atoms with Crippen molar-refractivity contribution < 1.29 is 18.9 Å². The highest BCUT2D eigenvalue weighted by atomic mass is 16.5. The van der Waals surface area contributed by atoms with Gasteiger partial charge in [0, 0.05) is 85.2 Å². The monoisotopic (exact) mass is 877 g/mol. The molecule has 4 aromatic heterocycles. The van der Waals surface area contributed by atoms with Crippen LogP contribution in [0.2, 0.25) is 0 Å². The number of H-pyrrole nitrogens is 1. The van der Waals surface area contributed by atoms with Gasteiger partial charge in [0.1, 0.15) is 11.5 Å². The number of anilines is 2. The molecule has 9 rings (SSSR count). The number of hydrogen-bond donors (Lipinski definition) is 3. The van der Waals surface area contributed by atoms with Crippen molar-refractivity contribution in [3.63, 3.8) is 0 Å². The van der Waals surface area contributed by atoms with Crippen LogP contribution >= 0.6 is 0 Å². The first-order chi connectivity index (χ1) is 31.3. The van der Waals surface area contributed by atoms with Gasteiger partial charge < -0.3 is 19.6 Å². The number of hydrogen-bond acceptors (Lipinski definition) is 12. The van der Waals surface area contributed by atoms with Gasteiger partial charge in [-0.25, -0.2) is 9.97 Å². The summed E-state index contributed by atoms with van der Waals surface area (Å²) in [5.74, 6) is 1.04. The molecular formula is C50H59N11O4. The van der Waals surface area contributed by atoms with Crippen LogP contribution in [-0.4, -0.2) is 98.7 Å². The van der Waals surface area contributed by atoms with Crippen molar-refractivity contribution in [2.75, 3.05) is 55.6 Å². The van der Waals surface area contributed by atoms with Crippen molar-refractivity contribution >= 4 is 40.3 Å². The number of imide groups is 1. The number of aromatic amines is 1. The fourth-order valence-electron chi connectivity index (χ4n) is 9.55. The number of pyridine rings is 2. The van der Waals surface area contributed by atoms with E-state index in [9.17, 15) is 14.4 Å². The topological polar surface area (TPSA) is 178 Å². The van der Waals surface area contributed by atoms with Crippen LogP contribution in [0.3, 0.4) is 0 Å². The molecule has 0 spiro atoms. The molecule has 338 valence electrons. The van der Waals surface area contributed by atoms with E-state index in [1.165, 1.54) is 12.1 Å². The van der Waals surface area contributed by atoms with Gasteiger partial charge >= 0.3 is 0 Å². The largest absolute Gasteiger partial charge is 0.369 e. The van der Waals surface area contributed by atoms with Crippen molar-refractivity contribution in [3.8, 4) is 22.4 Å². The SMILES string of the molecule is Cc1cc(-c2n[nH]c3ncc(-c4ccc(N5CCN(CCC6CCN(c7ccc(C8CCC(=O)NC8=O)c(C)n7)CC6)CC5)cc4)cc23)ccc1[C@@H](C)NC(=O)c1noc(C(C)(C)C)n1. The minimum absolute atomic E-state index is 0.0241. The lowest BCUT2D eigenvalue weighted by Crippen LogP contribution is -2.47. The average Bonchev–Trinajstić information content (AvgIpc) is 3.98. The molecule has 6 aromatic rings. The summed E-state index contributed by atoms with van der Waals surface area (Å²) in [5.41, 5.74) is 9.33. The molecule has 0 aliphatic carbocycles. The molecule has 0 radical (unpaired) electrons. The first-order valence-corrected chi connectivity index (χ1v) is 23.0. The van der Waals surface area contributed by atoms with E-state index in [2.05, 4.69) is 82.1 Å². The third-order valence-corrected chi connectivity index (χ3v) is 13.5. The number of amides is 3. The molecule has 65 heavy (non-hydrogen) atoms. The molecule has 0 bridgehead atoms. The third kappa shape index (κ3) is 9.51. The van der Waals surface area contributed by atoms with E-state index in [1.807, 2.05) is 72.0 Å². The molecule has 3 amide bonds. The van der Waals surface area contributed by atoms with Gasteiger partial charge in [0.15, 0.2) is 5.65 Å². The first-order valence-electron chi connectivity index (χ1n) is 23.0. The van der Waals surface area contributed by atoms with Gasteiger partial charge in [-0.05, 0) is 112 Å². The Morgan fingerprint density at radius 1 is 0.877 bits per heavy atom. The van der Waals surface area contributed by atoms with Gasteiger partial charge in [0.25, 0.3) is 11.7 Å². The summed E-state index contributed by atoms with van der Waals surface area (Å²) >= 11 is 0.